The van der Waals surface area contributed by atoms with Crippen molar-refractivity contribution in [3.63, 3.8) is 0 Å². The first-order valence-electron chi connectivity index (χ1n) is 3.62. The van der Waals surface area contributed by atoms with Gasteiger partial charge in [-0.15, -0.1) is 11.3 Å². The van der Waals surface area contributed by atoms with Crippen LogP contribution in [0.1, 0.15) is 5.69 Å². The van der Waals surface area contributed by atoms with Crippen LogP contribution in [0.3, 0.4) is 0 Å². The molecule has 68 valence electrons. The standard InChI is InChI=1S/C8H6ClNO2S/c9-8-2-1-7(13-8)6-3-5(4-11)10-12-6/h1-3,11H,4H2. The van der Waals surface area contributed by atoms with Crippen molar-refractivity contribution in [2.24, 2.45) is 0 Å². The molecule has 2 rings (SSSR count). The van der Waals surface area contributed by atoms with E-state index in [9.17, 15) is 0 Å². The Kier molecular flexibility index (Phi) is 2.35. The molecule has 0 unspecified atom stereocenters. The minimum absolute atomic E-state index is 0.109. The summed E-state index contributed by atoms with van der Waals surface area (Å²) in [6, 6.07) is 5.35. The maximum atomic E-state index is 8.76. The molecule has 5 heteroatoms. The van der Waals surface area contributed by atoms with Crippen molar-refractivity contribution in [3.8, 4) is 10.6 Å². The van der Waals surface area contributed by atoms with Crippen LogP contribution in [-0.2, 0) is 6.61 Å². The number of hydrogen-bond acceptors (Lipinski definition) is 4. The van der Waals surface area contributed by atoms with Crippen LogP contribution in [0, 0.1) is 0 Å². The molecule has 2 aromatic heterocycles. The molecule has 0 radical (unpaired) electrons. The molecule has 0 aromatic carbocycles. The third-order valence-corrected chi connectivity index (χ3v) is 2.78. The highest BCUT2D eigenvalue weighted by Crippen LogP contribution is 2.31. The van der Waals surface area contributed by atoms with Gasteiger partial charge in [-0.25, -0.2) is 0 Å². The Bertz CT molecular complexity index is 410. The second-order valence-electron chi connectivity index (χ2n) is 2.44. The molecule has 0 bridgehead atoms. The molecule has 1 N–H and O–H groups in total. The number of aliphatic hydroxyl groups excluding tert-OH is 1. The Labute approximate surface area is 83.6 Å². The third-order valence-electron chi connectivity index (χ3n) is 1.54. The highest BCUT2D eigenvalue weighted by atomic mass is 35.5. The summed E-state index contributed by atoms with van der Waals surface area (Å²) in [7, 11) is 0. The topological polar surface area (TPSA) is 46.3 Å². The zero-order chi connectivity index (χ0) is 9.26. The minimum Gasteiger partial charge on any atom is -0.390 e. The predicted octanol–water partition coefficient (Wildman–Crippen LogP) is 2.55. The fourth-order valence-electron chi connectivity index (χ4n) is 0.949. The third kappa shape index (κ3) is 1.75. The summed E-state index contributed by atoms with van der Waals surface area (Å²) in [5.41, 5.74) is 0.527. The van der Waals surface area contributed by atoms with Gasteiger partial charge < -0.3 is 9.63 Å². The van der Waals surface area contributed by atoms with Crippen molar-refractivity contribution in [1.29, 1.82) is 0 Å². The molecule has 0 amide bonds. The first-order chi connectivity index (χ1) is 6.29. The molecular formula is C8H6ClNO2S. The molecule has 0 atom stereocenters. The highest BCUT2D eigenvalue weighted by molar-refractivity contribution is 7.19. The normalized spacial score (nSPS) is 10.6. The van der Waals surface area contributed by atoms with E-state index < -0.39 is 0 Å². The monoisotopic (exact) mass is 215 g/mol. The van der Waals surface area contributed by atoms with E-state index >= 15 is 0 Å². The van der Waals surface area contributed by atoms with Crippen LogP contribution in [0.2, 0.25) is 4.34 Å². The summed E-state index contributed by atoms with van der Waals surface area (Å²) in [5, 5.41) is 12.4. The molecule has 0 fully saturated rings. The Hall–Kier alpha value is -0.840. The van der Waals surface area contributed by atoms with Crippen LogP contribution < -0.4 is 0 Å². The number of rotatable bonds is 2. The lowest BCUT2D eigenvalue weighted by Gasteiger charge is -1.83. The molecule has 2 heterocycles. The zero-order valence-electron chi connectivity index (χ0n) is 6.53. The van der Waals surface area contributed by atoms with Crippen LogP contribution in [0.15, 0.2) is 22.7 Å². The summed E-state index contributed by atoms with van der Waals surface area (Å²) in [6.45, 7) is -0.109. The minimum atomic E-state index is -0.109. The smallest absolute Gasteiger partial charge is 0.177 e. The van der Waals surface area contributed by atoms with E-state index in [4.69, 9.17) is 21.2 Å². The van der Waals surface area contributed by atoms with E-state index in [0.717, 1.165) is 4.88 Å². The van der Waals surface area contributed by atoms with Gasteiger partial charge in [-0.05, 0) is 12.1 Å². The van der Waals surface area contributed by atoms with E-state index in [1.165, 1.54) is 11.3 Å². The first-order valence-corrected chi connectivity index (χ1v) is 4.81. The van der Waals surface area contributed by atoms with Gasteiger partial charge >= 0.3 is 0 Å². The number of hydrogen-bond donors (Lipinski definition) is 1. The number of aliphatic hydroxyl groups is 1. The molecule has 0 saturated carbocycles. The van der Waals surface area contributed by atoms with Crippen LogP contribution in [0.4, 0.5) is 0 Å². The van der Waals surface area contributed by atoms with Gasteiger partial charge in [-0.2, -0.15) is 0 Å². The van der Waals surface area contributed by atoms with Gasteiger partial charge in [0.15, 0.2) is 5.76 Å². The van der Waals surface area contributed by atoms with Gasteiger partial charge in [0, 0.05) is 6.07 Å². The molecule has 3 nitrogen and oxygen atoms in total. The van der Waals surface area contributed by atoms with Crippen LogP contribution in [-0.4, -0.2) is 10.3 Å². The molecule has 0 saturated heterocycles. The lowest BCUT2D eigenvalue weighted by Crippen LogP contribution is -1.78. The van der Waals surface area contributed by atoms with Crippen molar-refractivity contribution in [3.05, 3.63) is 28.2 Å². The number of halogens is 1. The van der Waals surface area contributed by atoms with Crippen molar-refractivity contribution in [1.82, 2.24) is 5.16 Å². The van der Waals surface area contributed by atoms with Gasteiger partial charge in [0.1, 0.15) is 5.69 Å². The van der Waals surface area contributed by atoms with Gasteiger partial charge in [0.25, 0.3) is 0 Å². The van der Waals surface area contributed by atoms with Crippen LogP contribution in [0.25, 0.3) is 10.6 Å². The number of thiophene rings is 1. The fraction of sp³-hybridized carbons (Fsp3) is 0.125. The summed E-state index contributed by atoms with van der Waals surface area (Å²) >= 11 is 7.17. The SMILES string of the molecule is OCc1cc(-c2ccc(Cl)s2)on1. The maximum Gasteiger partial charge on any atom is 0.177 e. The van der Waals surface area contributed by atoms with E-state index in [1.54, 1.807) is 12.1 Å². The van der Waals surface area contributed by atoms with Crippen molar-refractivity contribution < 1.29 is 9.63 Å². The summed E-state index contributed by atoms with van der Waals surface area (Å²) < 4.78 is 5.70. The summed E-state index contributed by atoms with van der Waals surface area (Å²) in [6.07, 6.45) is 0. The molecule has 0 aliphatic heterocycles. The van der Waals surface area contributed by atoms with Gasteiger partial charge in [-0.3, -0.25) is 0 Å². The van der Waals surface area contributed by atoms with Gasteiger partial charge in [-0.1, -0.05) is 16.8 Å². The zero-order valence-corrected chi connectivity index (χ0v) is 8.10. The van der Waals surface area contributed by atoms with Gasteiger partial charge in [0.2, 0.25) is 0 Å². The Morgan fingerprint density at radius 3 is 2.92 bits per heavy atom. The van der Waals surface area contributed by atoms with Gasteiger partial charge in [0.05, 0.1) is 15.8 Å². The van der Waals surface area contributed by atoms with Crippen molar-refractivity contribution in [2.45, 2.75) is 6.61 Å². The molecule has 0 spiro atoms. The molecule has 2 aromatic rings. The quantitative estimate of drug-likeness (QED) is 0.838. The lowest BCUT2D eigenvalue weighted by molar-refractivity contribution is 0.267. The Balaban J connectivity index is 2.35. The number of nitrogens with zero attached hydrogens (tertiary/aromatic N) is 1. The average Bonchev–Trinajstić information content (AvgIpc) is 2.71. The summed E-state index contributed by atoms with van der Waals surface area (Å²) in [5.74, 6) is 0.640. The Morgan fingerprint density at radius 2 is 2.38 bits per heavy atom. The predicted molar refractivity (Wildman–Crippen MR) is 50.7 cm³/mol. The second-order valence-corrected chi connectivity index (χ2v) is 4.16. The average molecular weight is 216 g/mol. The summed E-state index contributed by atoms with van der Waals surface area (Å²) in [4.78, 5) is 0.914. The van der Waals surface area contributed by atoms with E-state index in [-0.39, 0.29) is 6.61 Å². The van der Waals surface area contributed by atoms with E-state index in [1.807, 2.05) is 6.07 Å². The maximum absolute atomic E-state index is 8.76. The molecule has 0 aliphatic rings. The molecular weight excluding hydrogens is 210 g/mol. The number of aromatic nitrogens is 1. The molecule has 13 heavy (non-hydrogen) atoms. The van der Waals surface area contributed by atoms with E-state index in [0.29, 0.717) is 15.8 Å². The first kappa shape index (κ1) is 8.74. The highest BCUT2D eigenvalue weighted by Gasteiger charge is 2.07. The van der Waals surface area contributed by atoms with Crippen LogP contribution >= 0.6 is 22.9 Å². The second kappa shape index (κ2) is 3.49. The lowest BCUT2D eigenvalue weighted by atomic mass is 10.3. The van der Waals surface area contributed by atoms with Crippen molar-refractivity contribution >= 4 is 22.9 Å². The molecule has 0 aliphatic carbocycles. The van der Waals surface area contributed by atoms with Crippen LogP contribution in [0.5, 0.6) is 0 Å². The van der Waals surface area contributed by atoms with Crippen molar-refractivity contribution in [2.75, 3.05) is 0 Å². The fourth-order valence-corrected chi connectivity index (χ4v) is 1.94. The largest absolute Gasteiger partial charge is 0.390 e. The van der Waals surface area contributed by atoms with E-state index in [2.05, 4.69) is 5.16 Å². The Morgan fingerprint density at radius 1 is 1.54 bits per heavy atom.